The first-order valence-electron chi connectivity index (χ1n) is 8.85. The molecule has 0 amide bonds. The van der Waals surface area contributed by atoms with Crippen LogP contribution >= 0.6 is 0 Å². The third-order valence-electron chi connectivity index (χ3n) is 5.04. The molecule has 4 rings (SSSR count). The maximum atomic E-state index is 13.6. The fraction of sp³-hybridized carbons (Fsp3) is 0.316. The van der Waals surface area contributed by atoms with Crippen LogP contribution in [0.5, 0.6) is 0 Å². The summed E-state index contributed by atoms with van der Waals surface area (Å²) in [6.45, 7) is 0. The average molecular weight is 439 g/mol. The molecule has 1 aliphatic rings. The highest BCUT2D eigenvalue weighted by molar-refractivity contribution is 7.90. The van der Waals surface area contributed by atoms with Gasteiger partial charge in [-0.2, -0.15) is 5.10 Å². The molecule has 0 spiro atoms. The van der Waals surface area contributed by atoms with Gasteiger partial charge in [0.05, 0.1) is 10.4 Å². The molecule has 10 heteroatoms. The van der Waals surface area contributed by atoms with E-state index in [0.29, 0.717) is 16.5 Å². The number of sulfone groups is 1. The van der Waals surface area contributed by atoms with E-state index in [-0.39, 0.29) is 21.9 Å². The lowest BCUT2D eigenvalue weighted by atomic mass is 9.95. The molecule has 1 saturated carbocycles. The van der Waals surface area contributed by atoms with Crippen LogP contribution < -0.4 is 0 Å². The number of alkyl halides is 2. The van der Waals surface area contributed by atoms with Crippen molar-refractivity contribution in [3.05, 3.63) is 47.2 Å². The van der Waals surface area contributed by atoms with Gasteiger partial charge < -0.3 is 4.55 Å². The second-order valence-corrected chi connectivity index (χ2v) is 10.1. The Hall–Kier alpha value is -2.17. The van der Waals surface area contributed by atoms with Crippen molar-refractivity contribution in [3.8, 4) is 11.1 Å². The molecule has 1 aliphatic carbocycles. The molecule has 1 unspecified atom stereocenters. The summed E-state index contributed by atoms with van der Waals surface area (Å²) in [6, 6.07) is 7.00. The summed E-state index contributed by atoms with van der Waals surface area (Å²) in [5, 5.41) is 7.83. The van der Waals surface area contributed by atoms with E-state index in [1.165, 1.54) is 24.3 Å². The highest BCUT2D eigenvalue weighted by Crippen LogP contribution is 2.46. The Kier molecular flexibility index (Phi) is 5.04. The van der Waals surface area contributed by atoms with Gasteiger partial charge in [-0.3, -0.25) is 9.31 Å². The number of aromatic amines is 1. The highest BCUT2D eigenvalue weighted by atomic mass is 32.2. The number of nitrogens with one attached hydrogen (secondary N) is 1. The van der Waals surface area contributed by atoms with Crippen molar-refractivity contribution in [2.45, 2.75) is 35.8 Å². The lowest BCUT2D eigenvalue weighted by Gasteiger charge is -2.16. The Morgan fingerprint density at radius 3 is 2.59 bits per heavy atom. The number of hydrogen-bond donors (Lipinski definition) is 1. The van der Waals surface area contributed by atoms with E-state index < -0.39 is 38.7 Å². The van der Waals surface area contributed by atoms with Gasteiger partial charge in [0.2, 0.25) is 0 Å². The molecule has 154 valence electrons. The minimum absolute atomic E-state index is 0.0141. The second kappa shape index (κ2) is 7.26. The third-order valence-corrected chi connectivity index (χ3v) is 6.73. The number of halogens is 2. The molecule has 29 heavy (non-hydrogen) atoms. The van der Waals surface area contributed by atoms with Crippen LogP contribution in [-0.4, -0.2) is 33.6 Å². The van der Waals surface area contributed by atoms with Crippen LogP contribution in [-0.2, 0) is 26.7 Å². The summed E-state index contributed by atoms with van der Waals surface area (Å²) in [4.78, 5) is 0.0219. The zero-order valence-electron chi connectivity index (χ0n) is 15.3. The predicted octanol–water partition coefficient (Wildman–Crippen LogP) is 3.83. The first-order valence-corrected chi connectivity index (χ1v) is 12.0. The number of aromatic nitrogens is 2. The van der Waals surface area contributed by atoms with Gasteiger partial charge in [0.25, 0.3) is 6.43 Å². The lowest BCUT2D eigenvalue weighted by Crippen LogP contribution is -2.03. The van der Waals surface area contributed by atoms with E-state index in [4.69, 9.17) is 0 Å². The van der Waals surface area contributed by atoms with Gasteiger partial charge in [0.1, 0.15) is 0 Å². The highest BCUT2D eigenvalue weighted by Gasteiger charge is 2.31. The SMILES string of the molecule is CS(=O)(=O)c1ccc2n[nH]c(C3CC3)c2c1-c1ccc(CS(=O)[O-])c(C(F)F)c1. The standard InChI is InChI=1S/C19H18F2N2O4S2/c1-29(26,27)15-7-6-14-17(18(23-22-14)10-2-3-10)16(15)11-4-5-12(9-28(24)25)13(8-11)19(20)21/h4-8,10,19H,2-3,9H2,1H3,(H,22,23)(H,24,25)/p-1. The Morgan fingerprint density at radius 2 is 2.00 bits per heavy atom. The molecule has 0 radical (unpaired) electrons. The number of fused-ring (bicyclic) bond motifs is 1. The van der Waals surface area contributed by atoms with Crippen molar-refractivity contribution >= 4 is 31.8 Å². The molecule has 1 aromatic heterocycles. The quantitative estimate of drug-likeness (QED) is 0.588. The molecule has 3 aromatic rings. The molecule has 6 nitrogen and oxygen atoms in total. The van der Waals surface area contributed by atoms with Crippen LogP contribution in [0, 0.1) is 0 Å². The van der Waals surface area contributed by atoms with E-state index in [9.17, 15) is 26.0 Å². The molecule has 2 aromatic carbocycles. The lowest BCUT2D eigenvalue weighted by molar-refractivity contribution is 0.150. The fourth-order valence-corrected chi connectivity index (χ4v) is 5.01. The summed E-state index contributed by atoms with van der Waals surface area (Å²) in [6.07, 6.45) is 0.0474. The Bertz CT molecular complexity index is 1230. The molecule has 0 aliphatic heterocycles. The third kappa shape index (κ3) is 3.84. The largest absolute Gasteiger partial charge is 0.772 e. The summed E-state index contributed by atoms with van der Waals surface area (Å²) >= 11 is -2.52. The van der Waals surface area contributed by atoms with E-state index in [1.54, 1.807) is 6.07 Å². The maximum absolute atomic E-state index is 13.6. The van der Waals surface area contributed by atoms with Crippen molar-refractivity contribution in [2.24, 2.45) is 0 Å². The molecule has 0 bridgehead atoms. The fourth-order valence-electron chi connectivity index (χ4n) is 3.59. The van der Waals surface area contributed by atoms with Crippen LogP contribution in [0.25, 0.3) is 22.0 Å². The molecule has 1 atom stereocenters. The van der Waals surface area contributed by atoms with Gasteiger partial charge >= 0.3 is 0 Å². The predicted molar refractivity (Wildman–Crippen MR) is 104 cm³/mol. The van der Waals surface area contributed by atoms with Gasteiger partial charge in [-0.1, -0.05) is 23.2 Å². The van der Waals surface area contributed by atoms with Crippen molar-refractivity contribution in [2.75, 3.05) is 6.26 Å². The average Bonchev–Trinajstić information content (AvgIpc) is 3.38. The monoisotopic (exact) mass is 439 g/mol. The summed E-state index contributed by atoms with van der Waals surface area (Å²) in [7, 11) is -3.66. The van der Waals surface area contributed by atoms with Gasteiger partial charge in [0, 0.05) is 40.1 Å². The van der Waals surface area contributed by atoms with Gasteiger partial charge in [-0.05, 0) is 42.2 Å². The topological polar surface area (TPSA) is 103 Å². The molecular formula is C19H17F2N2O4S2-. The first-order chi connectivity index (χ1) is 13.7. The normalized spacial score (nSPS) is 15.9. The first kappa shape index (κ1) is 20.1. The summed E-state index contributed by atoms with van der Waals surface area (Å²) in [5.41, 5.74) is 1.51. The van der Waals surface area contributed by atoms with Crippen molar-refractivity contribution in [1.82, 2.24) is 10.2 Å². The second-order valence-electron chi connectivity index (χ2n) is 7.18. The minimum Gasteiger partial charge on any atom is -0.772 e. The van der Waals surface area contributed by atoms with Gasteiger partial charge in [0.15, 0.2) is 9.84 Å². The van der Waals surface area contributed by atoms with Crippen LogP contribution in [0.15, 0.2) is 35.2 Å². The number of nitrogens with zero attached hydrogens (tertiary/aromatic N) is 1. The van der Waals surface area contributed by atoms with Gasteiger partial charge in [-0.25, -0.2) is 17.2 Å². The summed E-state index contributed by atoms with van der Waals surface area (Å²) < 4.78 is 74.2. The van der Waals surface area contributed by atoms with E-state index >= 15 is 0 Å². The molecule has 1 N–H and O–H groups in total. The van der Waals surface area contributed by atoms with Crippen LogP contribution in [0.3, 0.4) is 0 Å². The minimum atomic E-state index is -3.66. The van der Waals surface area contributed by atoms with E-state index in [2.05, 4.69) is 10.2 Å². The smallest absolute Gasteiger partial charge is 0.264 e. The van der Waals surface area contributed by atoms with E-state index in [1.807, 2.05) is 0 Å². The molecular weight excluding hydrogens is 422 g/mol. The van der Waals surface area contributed by atoms with Crippen LogP contribution in [0.4, 0.5) is 8.78 Å². The molecule has 1 fully saturated rings. The number of benzene rings is 2. The maximum Gasteiger partial charge on any atom is 0.264 e. The van der Waals surface area contributed by atoms with Crippen molar-refractivity contribution in [1.29, 1.82) is 0 Å². The number of hydrogen-bond acceptors (Lipinski definition) is 5. The molecule has 1 heterocycles. The zero-order valence-corrected chi connectivity index (χ0v) is 16.9. The Balaban J connectivity index is 2.03. The van der Waals surface area contributed by atoms with Crippen LogP contribution in [0.1, 0.15) is 42.0 Å². The zero-order chi connectivity index (χ0) is 20.9. The molecule has 0 saturated heterocycles. The van der Waals surface area contributed by atoms with Crippen LogP contribution in [0.2, 0.25) is 0 Å². The van der Waals surface area contributed by atoms with E-state index in [0.717, 1.165) is 24.8 Å². The van der Waals surface area contributed by atoms with Gasteiger partial charge in [-0.15, -0.1) is 0 Å². The summed E-state index contributed by atoms with van der Waals surface area (Å²) in [5.74, 6) is -0.312. The number of rotatable bonds is 6. The van der Waals surface area contributed by atoms with Crippen molar-refractivity contribution in [3.63, 3.8) is 0 Å². The van der Waals surface area contributed by atoms with Crippen molar-refractivity contribution < 1.29 is 26.0 Å². The Morgan fingerprint density at radius 1 is 1.28 bits per heavy atom. The Labute approximate surface area is 168 Å². The number of H-pyrrole nitrogens is 1.